The number of hydrogen-bond donors (Lipinski definition) is 1. The van der Waals surface area contributed by atoms with Crippen LogP contribution in [-0.4, -0.2) is 36.5 Å². The molecule has 0 bridgehead atoms. The van der Waals surface area contributed by atoms with Gasteiger partial charge in [0.05, 0.1) is 10.6 Å². The predicted octanol–water partition coefficient (Wildman–Crippen LogP) is 3.71. The number of hydrogen-bond acceptors (Lipinski definition) is 2. The van der Waals surface area contributed by atoms with Crippen molar-refractivity contribution in [2.45, 2.75) is 32.2 Å². The Bertz CT molecular complexity index is 475. The van der Waals surface area contributed by atoms with Gasteiger partial charge in [-0.1, -0.05) is 24.6 Å². The third kappa shape index (κ3) is 3.54. The topological polar surface area (TPSA) is 32.3 Å². The van der Waals surface area contributed by atoms with E-state index in [9.17, 15) is 4.79 Å². The minimum atomic E-state index is 0.0341. The summed E-state index contributed by atoms with van der Waals surface area (Å²) in [5.74, 6) is 0.0341. The highest BCUT2D eigenvalue weighted by atomic mass is 79.9. The lowest BCUT2D eigenvalue weighted by Gasteiger charge is -2.35. The molecule has 1 aromatic carbocycles. The van der Waals surface area contributed by atoms with E-state index in [-0.39, 0.29) is 11.9 Å². The molecule has 0 radical (unpaired) electrons. The van der Waals surface area contributed by atoms with Crippen LogP contribution in [-0.2, 0) is 0 Å². The van der Waals surface area contributed by atoms with Crippen LogP contribution in [0.1, 0.15) is 36.5 Å². The number of rotatable bonds is 4. The minimum Gasteiger partial charge on any atom is -0.334 e. The van der Waals surface area contributed by atoms with Gasteiger partial charge in [-0.05, 0) is 53.9 Å². The average molecular weight is 360 g/mol. The normalized spacial score (nSPS) is 18.9. The van der Waals surface area contributed by atoms with Gasteiger partial charge in [-0.3, -0.25) is 4.79 Å². The number of nitrogens with zero attached hydrogens (tertiary/aromatic N) is 1. The molecule has 2 rings (SSSR count). The third-order valence-corrected chi connectivity index (χ3v) is 4.92. The molecule has 1 saturated heterocycles. The maximum Gasteiger partial charge on any atom is 0.255 e. The Morgan fingerprint density at radius 1 is 1.55 bits per heavy atom. The summed E-state index contributed by atoms with van der Waals surface area (Å²) in [5, 5.41) is 3.87. The van der Waals surface area contributed by atoms with Crippen molar-refractivity contribution in [2.75, 3.05) is 19.6 Å². The Kier molecular flexibility index (Phi) is 5.87. The first kappa shape index (κ1) is 15.8. The zero-order chi connectivity index (χ0) is 14.5. The summed E-state index contributed by atoms with van der Waals surface area (Å²) in [6, 6.07) is 5.78. The van der Waals surface area contributed by atoms with Crippen LogP contribution in [0, 0.1) is 0 Å². The van der Waals surface area contributed by atoms with Gasteiger partial charge in [0.15, 0.2) is 0 Å². The van der Waals surface area contributed by atoms with Gasteiger partial charge in [-0.2, -0.15) is 0 Å². The molecule has 110 valence electrons. The smallest absolute Gasteiger partial charge is 0.255 e. The first-order valence-electron chi connectivity index (χ1n) is 7.10. The molecule has 0 spiro atoms. The van der Waals surface area contributed by atoms with E-state index in [0.717, 1.165) is 43.4 Å². The van der Waals surface area contributed by atoms with Gasteiger partial charge in [0.25, 0.3) is 5.91 Å². The molecule has 1 amide bonds. The summed E-state index contributed by atoms with van der Waals surface area (Å²) < 4.78 is 0.767. The van der Waals surface area contributed by atoms with Crippen molar-refractivity contribution in [3.05, 3.63) is 33.3 Å². The molecule has 0 aromatic heterocycles. The molecule has 5 heteroatoms. The van der Waals surface area contributed by atoms with Crippen LogP contribution >= 0.6 is 27.5 Å². The molecule has 1 aliphatic rings. The van der Waals surface area contributed by atoms with Gasteiger partial charge >= 0.3 is 0 Å². The first-order chi connectivity index (χ1) is 9.65. The molecule has 1 fully saturated rings. The van der Waals surface area contributed by atoms with E-state index in [4.69, 9.17) is 11.6 Å². The van der Waals surface area contributed by atoms with Crippen molar-refractivity contribution < 1.29 is 4.79 Å². The monoisotopic (exact) mass is 358 g/mol. The molecule has 3 nitrogen and oxygen atoms in total. The molecule has 1 N–H and O–H groups in total. The highest BCUT2D eigenvalue weighted by Gasteiger charge is 2.27. The van der Waals surface area contributed by atoms with Crippen molar-refractivity contribution in [1.29, 1.82) is 0 Å². The maximum absolute atomic E-state index is 12.8. The van der Waals surface area contributed by atoms with Gasteiger partial charge in [0.2, 0.25) is 0 Å². The number of halogens is 2. The highest BCUT2D eigenvalue weighted by Crippen LogP contribution is 2.28. The van der Waals surface area contributed by atoms with E-state index in [2.05, 4.69) is 28.2 Å². The lowest BCUT2D eigenvalue weighted by molar-refractivity contribution is 0.0649. The van der Waals surface area contributed by atoms with Crippen LogP contribution < -0.4 is 5.32 Å². The Labute approximate surface area is 133 Å². The molecule has 20 heavy (non-hydrogen) atoms. The van der Waals surface area contributed by atoms with Gasteiger partial charge in [0.1, 0.15) is 0 Å². The fraction of sp³-hybridized carbons (Fsp3) is 0.533. The summed E-state index contributed by atoms with van der Waals surface area (Å²) >= 11 is 9.64. The van der Waals surface area contributed by atoms with Crippen molar-refractivity contribution in [3.63, 3.8) is 0 Å². The van der Waals surface area contributed by atoms with E-state index in [1.165, 1.54) is 0 Å². The van der Waals surface area contributed by atoms with Crippen LogP contribution in [0.4, 0.5) is 0 Å². The Hall–Kier alpha value is -0.580. The van der Waals surface area contributed by atoms with Gasteiger partial charge < -0.3 is 10.2 Å². The summed E-state index contributed by atoms with van der Waals surface area (Å²) in [6.45, 7) is 4.78. The van der Waals surface area contributed by atoms with E-state index in [1.54, 1.807) is 6.07 Å². The quantitative estimate of drug-likeness (QED) is 0.889. The van der Waals surface area contributed by atoms with E-state index >= 15 is 0 Å². The molecule has 1 atom stereocenters. The maximum atomic E-state index is 12.8. The summed E-state index contributed by atoms with van der Waals surface area (Å²) in [6.07, 6.45) is 3.13. The molecule has 0 saturated carbocycles. The fourth-order valence-corrected chi connectivity index (χ4v) is 3.19. The van der Waals surface area contributed by atoms with Crippen LogP contribution in [0.5, 0.6) is 0 Å². The molecular formula is C15H20BrClN2O. The lowest BCUT2D eigenvalue weighted by atomic mass is 10.0. The van der Waals surface area contributed by atoms with Crippen LogP contribution in [0.15, 0.2) is 22.7 Å². The van der Waals surface area contributed by atoms with Crippen LogP contribution in [0.2, 0.25) is 5.02 Å². The highest BCUT2D eigenvalue weighted by molar-refractivity contribution is 9.10. The molecule has 1 heterocycles. The SMILES string of the molecule is CCCN(C(=O)c1cccc(Br)c1Cl)C1CCCNC1. The van der Waals surface area contributed by atoms with Gasteiger partial charge in [-0.15, -0.1) is 0 Å². The van der Waals surface area contributed by atoms with Crippen molar-refractivity contribution in [2.24, 2.45) is 0 Å². The lowest BCUT2D eigenvalue weighted by Crippen LogP contribution is -2.49. The van der Waals surface area contributed by atoms with Crippen molar-refractivity contribution >= 4 is 33.4 Å². The molecule has 0 aliphatic carbocycles. The third-order valence-electron chi connectivity index (χ3n) is 3.62. The summed E-state index contributed by atoms with van der Waals surface area (Å²) in [7, 11) is 0. The summed E-state index contributed by atoms with van der Waals surface area (Å²) in [5.41, 5.74) is 0.583. The average Bonchev–Trinajstić information content (AvgIpc) is 2.48. The molecular weight excluding hydrogens is 340 g/mol. The van der Waals surface area contributed by atoms with Crippen LogP contribution in [0.3, 0.4) is 0 Å². The number of benzene rings is 1. The Balaban J connectivity index is 2.23. The Morgan fingerprint density at radius 3 is 3.00 bits per heavy atom. The Morgan fingerprint density at radius 2 is 2.35 bits per heavy atom. The number of amides is 1. The first-order valence-corrected chi connectivity index (χ1v) is 8.28. The number of nitrogens with one attached hydrogen (secondary N) is 1. The molecule has 1 aromatic rings. The van der Waals surface area contributed by atoms with Gasteiger partial charge in [0, 0.05) is 23.6 Å². The molecule has 1 aliphatic heterocycles. The zero-order valence-corrected chi connectivity index (χ0v) is 14.0. The number of carbonyl (C=O) groups is 1. The minimum absolute atomic E-state index is 0.0341. The number of carbonyl (C=O) groups excluding carboxylic acids is 1. The van der Waals surface area contributed by atoms with E-state index < -0.39 is 0 Å². The second kappa shape index (κ2) is 7.43. The summed E-state index contributed by atoms with van der Waals surface area (Å²) in [4.78, 5) is 14.8. The van der Waals surface area contributed by atoms with Crippen molar-refractivity contribution in [3.8, 4) is 0 Å². The number of piperidine rings is 1. The van der Waals surface area contributed by atoms with E-state index in [0.29, 0.717) is 10.6 Å². The van der Waals surface area contributed by atoms with Crippen LogP contribution in [0.25, 0.3) is 0 Å². The largest absolute Gasteiger partial charge is 0.334 e. The van der Waals surface area contributed by atoms with E-state index in [1.807, 2.05) is 17.0 Å². The fourth-order valence-electron chi connectivity index (χ4n) is 2.61. The van der Waals surface area contributed by atoms with Crippen molar-refractivity contribution in [1.82, 2.24) is 10.2 Å². The van der Waals surface area contributed by atoms with Gasteiger partial charge in [-0.25, -0.2) is 0 Å². The standard InChI is InChI=1S/C15H20BrClN2O/c1-2-9-19(11-5-4-8-18-10-11)15(20)12-6-3-7-13(16)14(12)17/h3,6-7,11,18H,2,4-5,8-10H2,1H3. The second-order valence-corrected chi connectivity index (χ2v) is 6.33. The predicted molar refractivity (Wildman–Crippen MR) is 86.4 cm³/mol. The second-order valence-electron chi connectivity index (χ2n) is 5.10. The molecule has 1 unspecified atom stereocenters. The zero-order valence-electron chi connectivity index (χ0n) is 11.7.